The molecule has 98 valence electrons. The van der Waals surface area contributed by atoms with Crippen LogP contribution in [0.5, 0.6) is 0 Å². The second-order valence-electron chi connectivity index (χ2n) is 4.29. The number of anilines is 1. The highest BCUT2D eigenvalue weighted by Crippen LogP contribution is 2.38. The Morgan fingerprint density at radius 3 is 2.72 bits per heavy atom. The molecule has 3 nitrogen and oxygen atoms in total. The predicted molar refractivity (Wildman–Crippen MR) is 61.2 cm³/mol. The van der Waals surface area contributed by atoms with E-state index in [4.69, 9.17) is 5.73 Å². The van der Waals surface area contributed by atoms with Crippen molar-refractivity contribution in [1.82, 2.24) is 0 Å². The zero-order valence-corrected chi connectivity index (χ0v) is 9.63. The van der Waals surface area contributed by atoms with Gasteiger partial charge in [-0.05, 0) is 30.5 Å². The minimum absolute atomic E-state index is 0.0473. The smallest absolute Gasteiger partial charge is 0.368 e. The maximum atomic E-state index is 12.9. The molecule has 0 spiro atoms. The van der Waals surface area contributed by atoms with Crippen molar-refractivity contribution in [3.8, 4) is 0 Å². The summed E-state index contributed by atoms with van der Waals surface area (Å²) in [4.78, 5) is 12.5. The Labute approximate surface area is 102 Å². The largest absolute Gasteiger partial charge is 0.416 e. The zero-order chi connectivity index (χ0) is 13.3. The van der Waals surface area contributed by atoms with Crippen molar-refractivity contribution < 1.29 is 18.0 Å². The van der Waals surface area contributed by atoms with Crippen LogP contribution >= 0.6 is 0 Å². The van der Waals surface area contributed by atoms with Gasteiger partial charge < -0.3 is 10.6 Å². The number of benzene rings is 1. The van der Waals surface area contributed by atoms with Crippen molar-refractivity contribution in [2.45, 2.75) is 19.0 Å². The van der Waals surface area contributed by atoms with Gasteiger partial charge in [0.2, 0.25) is 5.91 Å². The number of nitrogens with zero attached hydrogens (tertiary/aromatic N) is 1. The van der Waals surface area contributed by atoms with Crippen molar-refractivity contribution in [1.29, 1.82) is 0 Å². The number of rotatable bonds is 2. The number of primary amides is 1. The van der Waals surface area contributed by atoms with Crippen LogP contribution in [0.15, 0.2) is 18.2 Å². The maximum Gasteiger partial charge on any atom is 0.416 e. The van der Waals surface area contributed by atoms with Crippen LogP contribution in [0.25, 0.3) is 0 Å². The van der Waals surface area contributed by atoms with Crippen molar-refractivity contribution in [2.75, 3.05) is 18.0 Å². The SMILES string of the molecule is NC(=O)CN1CCCc2c1cccc2C(F)(F)F. The fourth-order valence-electron chi connectivity index (χ4n) is 2.32. The van der Waals surface area contributed by atoms with Crippen molar-refractivity contribution >= 4 is 11.6 Å². The van der Waals surface area contributed by atoms with Gasteiger partial charge in [-0.3, -0.25) is 4.79 Å². The number of alkyl halides is 3. The van der Waals surface area contributed by atoms with Crippen LogP contribution in [0.4, 0.5) is 18.9 Å². The Bertz CT molecular complexity index is 471. The molecule has 0 atom stereocenters. The second-order valence-corrected chi connectivity index (χ2v) is 4.29. The highest BCUT2D eigenvalue weighted by Gasteiger charge is 2.35. The van der Waals surface area contributed by atoms with Crippen LogP contribution in [-0.4, -0.2) is 19.0 Å². The maximum absolute atomic E-state index is 12.9. The van der Waals surface area contributed by atoms with Gasteiger partial charge in [0.25, 0.3) is 0 Å². The van der Waals surface area contributed by atoms with E-state index in [1.54, 1.807) is 11.0 Å². The van der Waals surface area contributed by atoms with E-state index in [1.165, 1.54) is 6.07 Å². The van der Waals surface area contributed by atoms with Crippen LogP contribution in [0.1, 0.15) is 17.5 Å². The van der Waals surface area contributed by atoms with Crippen LogP contribution in [0.3, 0.4) is 0 Å². The van der Waals surface area contributed by atoms with E-state index in [9.17, 15) is 18.0 Å². The third-order valence-corrected chi connectivity index (χ3v) is 3.00. The summed E-state index contributed by atoms with van der Waals surface area (Å²) in [6.07, 6.45) is -3.39. The summed E-state index contributed by atoms with van der Waals surface area (Å²) in [6, 6.07) is 4.04. The van der Waals surface area contributed by atoms with Crippen LogP contribution < -0.4 is 10.6 Å². The van der Waals surface area contributed by atoms with Gasteiger partial charge in [-0.15, -0.1) is 0 Å². The van der Waals surface area contributed by atoms with Gasteiger partial charge in [0, 0.05) is 12.2 Å². The fraction of sp³-hybridized carbons (Fsp3) is 0.417. The molecule has 6 heteroatoms. The molecule has 0 unspecified atom stereocenters. The Morgan fingerprint density at radius 1 is 1.39 bits per heavy atom. The van der Waals surface area contributed by atoms with Gasteiger partial charge in [0.1, 0.15) is 0 Å². The first-order chi connectivity index (χ1) is 8.39. The van der Waals surface area contributed by atoms with Crippen LogP contribution in [0, 0.1) is 0 Å². The lowest BCUT2D eigenvalue weighted by Gasteiger charge is -2.31. The van der Waals surface area contributed by atoms with E-state index < -0.39 is 17.6 Å². The van der Waals surface area contributed by atoms with Crippen molar-refractivity contribution in [2.24, 2.45) is 5.73 Å². The Morgan fingerprint density at radius 2 is 2.11 bits per heavy atom. The van der Waals surface area contributed by atoms with Crippen LogP contribution in [-0.2, 0) is 17.4 Å². The average Bonchev–Trinajstić information content (AvgIpc) is 2.26. The number of hydrogen-bond donors (Lipinski definition) is 1. The number of nitrogens with two attached hydrogens (primary N) is 1. The number of amides is 1. The first-order valence-corrected chi connectivity index (χ1v) is 5.62. The molecule has 0 fully saturated rings. The number of fused-ring (bicyclic) bond motifs is 1. The summed E-state index contributed by atoms with van der Waals surface area (Å²) in [5.74, 6) is -0.541. The molecule has 1 heterocycles. The van der Waals surface area contributed by atoms with E-state index in [0.717, 1.165) is 6.07 Å². The molecule has 2 rings (SSSR count). The minimum Gasteiger partial charge on any atom is -0.368 e. The molecule has 1 aromatic rings. The summed E-state index contributed by atoms with van der Waals surface area (Å²) in [6.45, 7) is 0.506. The molecule has 1 amide bonds. The van der Waals surface area contributed by atoms with E-state index in [1.807, 2.05) is 0 Å². The predicted octanol–water partition coefficient (Wildman–Crippen LogP) is 1.94. The molecule has 1 aliphatic rings. The van der Waals surface area contributed by atoms with Gasteiger partial charge in [0.05, 0.1) is 12.1 Å². The monoisotopic (exact) mass is 258 g/mol. The molecule has 0 saturated heterocycles. The third kappa shape index (κ3) is 2.42. The topological polar surface area (TPSA) is 46.3 Å². The summed E-state index contributed by atoms with van der Waals surface area (Å²) >= 11 is 0. The molecule has 18 heavy (non-hydrogen) atoms. The summed E-state index contributed by atoms with van der Waals surface area (Å²) in [5.41, 5.74) is 5.21. The molecular weight excluding hydrogens is 245 g/mol. The normalized spacial score (nSPS) is 15.4. The summed E-state index contributed by atoms with van der Waals surface area (Å²) in [7, 11) is 0. The van der Waals surface area contributed by atoms with E-state index >= 15 is 0 Å². The molecule has 0 aliphatic carbocycles. The van der Waals surface area contributed by atoms with Crippen LogP contribution in [0.2, 0.25) is 0 Å². The van der Waals surface area contributed by atoms with E-state index in [2.05, 4.69) is 0 Å². The van der Waals surface area contributed by atoms with Crippen molar-refractivity contribution in [3.63, 3.8) is 0 Å². The average molecular weight is 258 g/mol. The number of carbonyl (C=O) groups excluding carboxylic acids is 1. The summed E-state index contributed by atoms with van der Waals surface area (Å²) in [5, 5.41) is 0. The molecule has 1 aromatic carbocycles. The molecule has 0 radical (unpaired) electrons. The third-order valence-electron chi connectivity index (χ3n) is 3.00. The lowest BCUT2D eigenvalue weighted by atomic mass is 9.96. The Hall–Kier alpha value is -1.72. The first-order valence-electron chi connectivity index (χ1n) is 5.62. The molecule has 0 aromatic heterocycles. The minimum atomic E-state index is -4.36. The summed E-state index contributed by atoms with van der Waals surface area (Å²) < 4.78 is 38.6. The lowest BCUT2D eigenvalue weighted by Crippen LogP contribution is -2.37. The highest BCUT2D eigenvalue weighted by molar-refractivity contribution is 5.80. The molecular formula is C12H13F3N2O. The molecule has 0 saturated carbocycles. The first kappa shape index (κ1) is 12.7. The Balaban J connectivity index is 2.44. The van der Waals surface area contributed by atoms with Gasteiger partial charge in [-0.2, -0.15) is 13.2 Å². The fourth-order valence-corrected chi connectivity index (χ4v) is 2.32. The Kier molecular flexibility index (Phi) is 3.19. The number of hydrogen-bond acceptors (Lipinski definition) is 2. The highest BCUT2D eigenvalue weighted by atomic mass is 19.4. The quantitative estimate of drug-likeness (QED) is 0.881. The molecule has 2 N–H and O–H groups in total. The second kappa shape index (κ2) is 4.51. The van der Waals surface area contributed by atoms with Crippen molar-refractivity contribution in [3.05, 3.63) is 29.3 Å². The number of carbonyl (C=O) groups is 1. The van der Waals surface area contributed by atoms with Gasteiger partial charge in [0.15, 0.2) is 0 Å². The zero-order valence-electron chi connectivity index (χ0n) is 9.63. The molecule has 0 bridgehead atoms. The van der Waals surface area contributed by atoms with E-state index in [-0.39, 0.29) is 12.1 Å². The van der Waals surface area contributed by atoms with Gasteiger partial charge in [-0.1, -0.05) is 6.07 Å². The standard InChI is InChI=1S/C12H13F3N2O/c13-12(14,15)9-4-1-5-10-8(9)3-2-6-17(10)7-11(16)18/h1,4-5H,2-3,6-7H2,(H2,16,18). The van der Waals surface area contributed by atoms with E-state index in [0.29, 0.717) is 25.1 Å². The number of halogens is 3. The van der Waals surface area contributed by atoms with Gasteiger partial charge in [-0.25, -0.2) is 0 Å². The molecule has 1 aliphatic heterocycles. The lowest BCUT2D eigenvalue weighted by molar-refractivity contribution is -0.138. The van der Waals surface area contributed by atoms with Gasteiger partial charge >= 0.3 is 6.18 Å².